The predicted molar refractivity (Wildman–Crippen MR) is 118 cm³/mol. The third kappa shape index (κ3) is 6.07. The van der Waals surface area contributed by atoms with Crippen molar-refractivity contribution in [2.45, 2.75) is 37.6 Å². The number of esters is 1. The molecule has 1 aliphatic rings. The first-order chi connectivity index (χ1) is 14.4. The minimum Gasteiger partial charge on any atom is -0.469 e. The van der Waals surface area contributed by atoms with Crippen LogP contribution in [0.1, 0.15) is 30.4 Å². The zero-order valence-electron chi connectivity index (χ0n) is 17.4. The Morgan fingerprint density at radius 3 is 2.50 bits per heavy atom. The average molecular weight is 429 g/mol. The number of methoxy groups -OCH3 is 1. The van der Waals surface area contributed by atoms with Crippen LogP contribution in [0.15, 0.2) is 54.6 Å². The number of halogens is 1. The number of benzene rings is 2. The molecule has 2 aromatic carbocycles. The van der Waals surface area contributed by atoms with E-state index in [1.165, 1.54) is 7.11 Å². The minimum absolute atomic E-state index is 0.0325. The molecule has 2 atom stereocenters. The van der Waals surface area contributed by atoms with E-state index in [9.17, 15) is 9.59 Å². The normalized spacial score (nSPS) is 19.9. The number of carbonyl (C=O) groups excluding carboxylic acids is 2. The molecule has 30 heavy (non-hydrogen) atoms. The standard InChI is InChI=1S/C24H29ClN2O3/c1-30-22(28)15-20(14-18-6-3-2-4-7-18)23(29)27-13-5-12-24(26,17-27)16-19-8-10-21(25)11-9-19/h2-4,6-11,20H,5,12-17,26H2,1H3/t20-,24-/m1/s1. The van der Waals surface area contributed by atoms with E-state index in [2.05, 4.69) is 0 Å². The summed E-state index contributed by atoms with van der Waals surface area (Å²) in [5.74, 6) is -0.867. The second-order valence-electron chi connectivity index (χ2n) is 8.20. The summed E-state index contributed by atoms with van der Waals surface area (Å²) in [7, 11) is 1.35. The van der Waals surface area contributed by atoms with Crippen molar-refractivity contribution >= 4 is 23.5 Å². The first-order valence-electron chi connectivity index (χ1n) is 10.3. The van der Waals surface area contributed by atoms with Crippen molar-refractivity contribution in [3.8, 4) is 0 Å². The van der Waals surface area contributed by atoms with Crippen LogP contribution < -0.4 is 5.73 Å². The molecule has 0 radical (unpaired) electrons. The molecule has 0 unspecified atom stereocenters. The first kappa shape index (κ1) is 22.3. The first-order valence-corrected chi connectivity index (χ1v) is 10.7. The smallest absolute Gasteiger partial charge is 0.306 e. The van der Waals surface area contributed by atoms with Crippen molar-refractivity contribution < 1.29 is 14.3 Å². The largest absolute Gasteiger partial charge is 0.469 e. The van der Waals surface area contributed by atoms with Gasteiger partial charge >= 0.3 is 5.97 Å². The fourth-order valence-electron chi connectivity index (χ4n) is 4.19. The molecule has 1 saturated heterocycles. The van der Waals surface area contributed by atoms with E-state index in [1.807, 2.05) is 59.5 Å². The monoisotopic (exact) mass is 428 g/mol. The molecule has 3 rings (SSSR count). The van der Waals surface area contributed by atoms with Gasteiger partial charge in [0.1, 0.15) is 0 Å². The maximum atomic E-state index is 13.4. The van der Waals surface area contributed by atoms with Crippen molar-refractivity contribution in [3.05, 3.63) is 70.7 Å². The number of carbonyl (C=O) groups is 2. The van der Waals surface area contributed by atoms with E-state index in [0.29, 0.717) is 31.0 Å². The molecule has 160 valence electrons. The van der Waals surface area contributed by atoms with Crippen LogP contribution in [0.2, 0.25) is 5.02 Å². The molecule has 6 heteroatoms. The Labute approximate surface area is 183 Å². The number of likely N-dealkylation sites (tertiary alicyclic amines) is 1. The van der Waals surface area contributed by atoms with Gasteiger partial charge in [-0.2, -0.15) is 0 Å². The van der Waals surface area contributed by atoms with Gasteiger partial charge < -0.3 is 15.4 Å². The van der Waals surface area contributed by atoms with Crippen molar-refractivity contribution in [1.29, 1.82) is 0 Å². The van der Waals surface area contributed by atoms with Crippen LogP contribution in [0.5, 0.6) is 0 Å². The summed E-state index contributed by atoms with van der Waals surface area (Å²) in [6, 6.07) is 17.4. The Morgan fingerprint density at radius 1 is 1.13 bits per heavy atom. The summed E-state index contributed by atoms with van der Waals surface area (Å²) in [6.07, 6.45) is 2.93. The third-order valence-electron chi connectivity index (χ3n) is 5.70. The summed E-state index contributed by atoms with van der Waals surface area (Å²) in [4.78, 5) is 27.2. The molecule has 0 aromatic heterocycles. The van der Waals surface area contributed by atoms with Crippen molar-refractivity contribution in [3.63, 3.8) is 0 Å². The molecule has 0 bridgehead atoms. The van der Waals surface area contributed by atoms with Crippen LogP contribution in [0.25, 0.3) is 0 Å². The van der Waals surface area contributed by atoms with E-state index >= 15 is 0 Å². The Bertz CT molecular complexity index is 857. The van der Waals surface area contributed by atoms with Gasteiger partial charge in [0.15, 0.2) is 0 Å². The molecule has 1 heterocycles. The van der Waals surface area contributed by atoms with Gasteiger partial charge in [-0.05, 0) is 48.9 Å². The number of ether oxygens (including phenoxy) is 1. The Morgan fingerprint density at radius 2 is 1.83 bits per heavy atom. The number of nitrogens with two attached hydrogens (primary N) is 1. The molecule has 0 saturated carbocycles. The molecule has 0 aliphatic carbocycles. The van der Waals surface area contributed by atoms with E-state index in [0.717, 1.165) is 24.0 Å². The van der Waals surface area contributed by atoms with Crippen LogP contribution in [0.4, 0.5) is 0 Å². The van der Waals surface area contributed by atoms with Gasteiger partial charge in [0.2, 0.25) is 5.91 Å². The van der Waals surface area contributed by atoms with Gasteiger partial charge in [0.25, 0.3) is 0 Å². The Balaban J connectivity index is 1.72. The minimum atomic E-state index is -0.496. The summed E-state index contributed by atoms with van der Waals surface area (Å²) in [6.45, 7) is 1.13. The predicted octanol–water partition coefficient (Wildman–Crippen LogP) is 3.62. The molecule has 2 N–H and O–H groups in total. The van der Waals surface area contributed by atoms with E-state index in [4.69, 9.17) is 22.1 Å². The molecular weight excluding hydrogens is 400 g/mol. The highest BCUT2D eigenvalue weighted by Gasteiger charge is 2.36. The maximum absolute atomic E-state index is 13.4. The number of nitrogens with zero attached hydrogens (tertiary/aromatic N) is 1. The van der Waals surface area contributed by atoms with Crippen LogP contribution in [0, 0.1) is 5.92 Å². The van der Waals surface area contributed by atoms with Crippen LogP contribution in [0.3, 0.4) is 0 Å². The summed E-state index contributed by atoms with van der Waals surface area (Å²) in [5, 5.41) is 0.692. The summed E-state index contributed by atoms with van der Waals surface area (Å²) in [5.41, 5.74) is 8.35. The van der Waals surface area contributed by atoms with Gasteiger partial charge in [-0.1, -0.05) is 54.1 Å². The highest BCUT2D eigenvalue weighted by Crippen LogP contribution is 2.26. The lowest BCUT2D eigenvalue weighted by Crippen LogP contribution is -2.58. The lowest BCUT2D eigenvalue weighted by atomic mass is 9.83. The van der Waals surface area contributed by atoms with E-state index < -0.39 is 11.5 Å². The van der Waals surface area contributed by atoms with Gasteiger partial charge in [0.05, 0.1) is 19.4 Å². The zero-order chi connectivity index (χ0) is 21.6. The number of hydrogen-bond acceptors (Lipinski definition) is 4. The van der Waals surface area contributed by atoms with Gasteiger partial charge in [0, 0.05) is 23.7 Å². The van der Waals surface area contributed by atoms with Crippen molar-refractivity contribution in [2.24, 2.45) is 11.7 Å². The summed E-state index contributed by atoms with van der Waals surface area (Å²) >= 11 is 5.99. The van der Waals surface area contributed by atoms with Crippen molar-refractivity contribution in [1.82, 2.24) is 4.90 Å². The number of rotatable bonds is 7. The SMILES string of the molecule is COC(=O)C[C@@H](Cc1ccccc1)C(=O)N1CCC[C@@](N)(Cc2ccc(Cl)cc2)C1. The second kappa shape index (κ2) is 10.1. The van der Waals surface area contributed by atoms with Crippen molar-refractivity contribution in [2.75, 3.05) is 20.2 Å². The van der Waals surface area contributed by atoms with Gasteiger partial charge in [-0.25, -0.2) is 0 Å². The number of amides is 1. The van der Waals surface area contributed by atoms with E-state index in [1.54, 1.807) is 0 Å². The average Bonchev–Trinajstić information content (AvgIpc) is 2.75. The molecule has 1 amide bonds. The molecule has 5 nitrogen and oxygen atoms in total. The lowest BCUT2D eigenvalue weighted by Gasteiger charge is -2.41. The second-order valence-corrected chi connectivity index (χ2v) is 8.63. The Hall–Kier alpha value is -2.37. The number of piperidine rings is 1. The summed E-state index contributed by atoms with van der Waals surface area (Å²) < 4.78 is 4.84. The molecule has 0 spiro atoms. The Kier molecular flexibility index (Phi) is 7.51. The molecular formula is C24H29ClN2O3. The fraction of sp³-hybridized carbons (Fsp3) is 0.417. The van der Waals surface area contributed by atoms with Crippen LogP contribution >= 0.6 is 11.6 Å². The molecule has 1 fully saturated rings. The van der Waals surface area contributed by atoms with E-state index in [-0.39, 0.29) is 18.3 Å². The quantitative estimate of drug-likeness (QED) is 0.683. The fourth-order valence-corrected chi connectivity index (χ4v) is 4.32. The highest BCUT2D eigenvalue weighted by atomic mass is 35.5. The maximum Gasteiger partial charge on any atom is 0.306 e. The third-order valence-corrected chi connectivity index (χ3v) is 5.96. The zero-order valence-corrected chi connectivity index (χ0v) is 18.1. The lowest BCUT2D eigenvalue weighted by molar-refractivity contribution is -0.147. The van der Waals surface area contributed by atoms with Crippen LogP contribution in [-0.2, 0) is 27.2 Å². The molecule has 1 aliphatic heterocycles. The molecule has 2 aromatic rings. The van der Waals surface area contributed by atoms with Gasteiger partial charge in [-0.3, -0.25) is 9.59 Å². The highest BCUT2D eigenvalue weighted by molar-refractivity contribution is 6.30. The topological polar surface area (TPSA) is 72.6 Å². The van der Waals surface area contributed by atoms with Gasteiger partial charge in [-0.15, -0.1) is 0 Å². The van der Waals surface area contributed by atoms with Crippen LogP contribution in [-0.4, -0.2) is 42.5 Å². The number of hydrogen-bond donors (Lipinski definition) is 1.